The molecule has 1 aliphatic carbocycles. The van der Waals surface area contributed by atoms with Gasteiger partial charge in [-0.15, -0.1) is 0 Å². The van der Waals surface area contributed by atoms with E-state index in [4.69, 9.17) is 5.73 Å². The Morgan fingerprint density at radius 3 is 2.20 bits per heavy atom. The van der Waals surface area contributed by atoms with Crippen LogP contribution in [0.25, 0.3) is 0 Å². The second-order valence-corrected chi connectivity index (χ2v) is 8.98. The number of aliphatic hydroxyl groups excluding tert-OH is 2. The van der Waals surface area contributed by atoms with Gasteiger partial charge in [0.25, 0.3) is 0 Å². The van der Waals surface area contributed by atoms with E-state index in [1.165, 1.54) is 19.3 Å². The van der Waals surface area contributed by atoms with Crippen LogP contribution in [-0.2, 0) is 9.84 Å². The molecule has 6 heteroatoms. The number of hydrogen-bond acceptors (Lipinski definition) is 5. The summed E-state index contributed by atoms with van der Waals surface area (Å²) in [5.41, 5.74) is 6.00. The van der Waals surface area contributed by atoms with Crippen molar-refractivity contribution >= 4 is 9.84 Å². The summed E-state index contributed by atoms with van der Waals surface area (Å²) in [6.07, 6.45) is 5.24. The monoisotopic (exact) mass is 307 g/mol. The van der Waals surface area contributed by atoms with E-state index in [1.54, 1.807) is 13.8 Å². The Morgan fingerprint density at radius 2 is 1.75 bits per heavy atom. The standard InChI is InChI=1S/C14H29NO4S/c1-10(2)20(18,19)13(9-16)14(17)12(15)8-11-6-4-3-5-7-11/h10-14,16-17H,3-9,15H2,1-2H3. The lowest BCUT2D eigenvalue weighted by atomic mass is 9.83. The molecule has 0 amide bonds. The first-order chi connectivity index (χ1) is 9.30. The Bertz CT molecular complexity index is 377. The fourth-order valence-electron chi connectivity index (χ4n) is 2.98. The van der Waals surface area contributed by atoms with Crippen LogP contribution < -0.4 is 5.73 Å². The highest BCUT2D eigenvalue weighted by molar-refractivity contribution is 7.92. The molecule has 0 radical (unpaired) electrons. The molecule has 0 aromatic rings. The van der Waals surface area contributed by atoms with E-state index < -0.39 is 39.1 Å². The van der Waals surface area contributed by atoms with Crippen molar-refractivity contribution in [2.45, 2.75) is 75.0 Å². The Kier molecular flexibility index (Phi) is 6.91. The molecule has 1 rings (SSSR count). The molecule has 120 valence electrons. The van der Waals surface area contributed by atoms with Crippen LogP contribution in [0, 0.1) is 5.92 Å². The second kappa shape index (κ2) is 7.73. The van der Waals surface area contributed by atoms with Crippen LogP contribution in [0.1, 0.15) is 52.4 Å². The molecule has 1 saturated carbocycles. The maximum absolute atomic E-state index is 12.1. The van der Waals surface area contributed by atoms with Gasteiger partial charge in [-0.2, -0.15) is 0 Å². The molecule has 0 aromatic carbocycles. The van der Waals surface area contributed by atoms with Crippen molar-refractivity contribution in [2.75, 3.05) is 6.61 Å². The highest BCUT2D eigenvalue weighted by Gasteiger charge is 2.37. The van der Waals surface area contributed by atoms with Crippen LogP contribution in [-0.4, -0.2) is 47.9 Å². The predicted molar refractivity (Wildman–Crippen MR) is 80.1 cm³/mol. The van der Waals surface area contributed by atoms with Crippen molar-refractivity contribution in [3.63, 3.8) is 0 Å². The number of nitrogens with two attached hydrogens (primary N) is 1. The van der Waals surface area contributed by atoms with Gasteiger partial charge >= 0.3 is 0 Å². The smallest absolute Gasteiger partial charge is 0.160 e. The summed E-state index contributed by atoms with van der Waals surface area (Å²) in [5.74, 6) is 0.467. The Hall–Kier alpha value is -0.170. The molecule has 0 spiro atoms. The topological polar surface area (TPSA) is 101 Å². The number of rotatable bonds is 7. The van der Waals surface area contributed by atoms with Crippen molar-refractivity contribution in [2.24, 2.45) is 11.7 Å². The zero-order chi connectivity index (χ0) is 15.3. The van der Waals surface area contributed by atoms with Crippen LogP contribution in [0.5, 0.6) is 0 Å². The van der Waals surface area contributed by atoms with Crippen LogP contribution in [0.3, 0.4) is 0 Å². The van der Waals surface area contributed by atoms with Gasteiger partial charge in [0.05, 0.1) is 18.0 Å². The van der Waals surface area contributed by atoms with Crippen molar-refractivity contribution < 1.29 is 18.6 Å². The zero-order valence-electron chi connectivity index (χ0n) is 12.5. The van der Waals surface area contributed by atoms with Gasteiger partial charge in [0.2, 0.25) is 0 Å². The first-order valence-electron chi connectivity index (χ1n) is 7.58. The molecule has 5 nitrogen and oxygen atoms in total. The van der Waals surface area contributed by atoms with E-state index in [-0.39, 0.29) is 0 Å². The van der Waals surface area contributed by atoms with Gasteiger partial charge in [-0.3, -0.25) is 0 Å². The van der Waals surface area contributed by atoms with Crippen LogP contribution >= 0.6 is 0 Å². The van der Waals surface area contributed by atoms with Gasteiger partial charge < -0.3 is 15.9 Å². The Balaban J connectivity index is 2.67. The summed E-state index contributed by atoms with van der Waals surface area (Å²) in [5, 5.41) is 17.8. The quantitative estimate of drug-likeness (QED) is 0.647. The summed E-state index contributed by atoms with van der Waals surface area (Å²) in [6, 6.07) is -0.594. The average molecular weight is 307 g/mol. The summed E-state index contributed by atoms with van der Waals surface area (Å²) in [7, 11) is -3.55. The highest BCUT2D eigenvalue weighted by Crippen LogP contribution is 2.28. The number of hydrogen-bond donors (Lipinski definition) is 3. The molecule has 20 heavy (non-hydrogen) atoms. The predicted octanol–water partition coefficient (Wildman–Crippen LogP) is 0.829. The van der Waals surface area contributed by atoms with E-state index in [0.29, 0.717) is 12.3 Å². The summed E-state index contributed by atoms with van der Waals surface area (Å²) in [4.78, 5) is 0. The molecule has 4 N–H and O–H groups in total. The molecule has 3 unspecified atom stereocenters. The van der Waals surface area contributed by atoms with E-state index in [1.807, 2.05) is 0 Å². The number of sulfone groups is 1. The van der Waals surface area contributed by atoms with Gasteiger partial charge in [-0.05, 0) is 26.2 Å². The van der Waals surface area contributed by atoms with Gasteiger partial charge in [-0.25, -0.2) is 8.42 Å². The van der Waals surface area contributed by atoms with Crippen molar-refractivity contribution in [3.05, 3.63) is 0 Å². The Morgan fingerprint density at radius 1 is 1.20 bits per heavy atom. The summed E-state index contributed by atoms with van der Waals surface area (Å²) < 4.78 is 24.2. The maximum Gasteiger partial charge on any atom is 0.160 e. The molecule has 0 saturated heterocycles. The number of aliphatic hydroxyl groups is 2. The molecule has 0 aliphatic heterocycles. The van der Waals surface area contributed by atoms with E-state index in [9.17, 15) is 18.6 Å². The minimum absolute atomic E-state index is 0.467. The molecule has 0 heterocycles. The molecule has 1 fully saturated rings. The minimum atomic E-state index is -3.55. The van der Waals surface area contributed by atoms with Crippen molar-refractivity contribution in [1.29, 1.82) is 0 Å². The van der Waals surface area contributed by atoms with Gasteiger partial charge in [-0.1, -0.05) is 32.1 Å². The Labute approximate surface area is 122 Å². The SMILES string of the molecule is CC(C)S(=O)(=O)C(CO)C(O)C(N)CC1CCCCC1. The fourth-order valence-corrected chi connectivity index (χ4v) is 4.48. The lowest BCUT2D eigenvalue weighted by Crippen LogP contribution is -2.50. The fraction of sp³-hybridized carbons (Fsp3) is 1.00. The molecule has 3 atom stereocenters. The lowest BCUT2D eigenvalue weighted by Gasteiger charge is -2.31. The first-order valence-corrected chi connectivity index (χ1v) is 9.18. The molecular formula is C14H29NO4S. The van der Waals surface area contributed by atoms with Crippen molar-refractivity contribution in [1.82, 2.24) is 0 Å². The summed E-state index contributed by atoms with van der Waals surface area (Å²) in [6.45, 7) is 2.52. The molecule has 1 aliphatic rings. The maximum atomic E-state index is 12.1. The van der Waals surface area contributed by atoms with Gasteiger partial charge in [0, 0.05) is 6.04 Å². The van der Waals surface area contributed by atoms with Gasteiger partial charge in [0.15, 0.2) is 9.84 Å². The highest BCUT2D eigenvalue weighted by atomic mass is 32.2. The minimum Gasteiger partial charge on any atom is -0.395 e. The molecule has 0 bridgehead atoms. The third-order valence-corrected chi connectivity index (χ3v) is 6.99. The first kappa shape index (κ1) is 17.9. The third kappa shape index (κ3) is 4.41. The largest absolute Gasteiger partial charge is 0.395 e. The molecular weight excluding hydrogens is 278 g/mol. The van der Waals surface area contributed by atoms with Crippen LogP contribution in [0.2, 0.25) is 0 Å². The van der Waals surface area contributed by atoms with E-state index in [2.05, 4.69) is 0 Å². The normalized spacial score (nSPS) is 22.7. The van der Waals surface area contributed by atoms with Crippen LogP contribution in [0.15, 0.2) is 0 Å². The second-order valence-electron chi connectivity index (χ2n) is 6.25. The third-order valence-electron chi connectivity index (χ3n) is 4.41. The van der Waals surface area contributed by atoms with Crippen LogP contribution in [0.4, 0.5) is 0 Å². The van der Waals surface area contributed by atoms with Crippen molar-refractivity contribution in [3.8, 4) is 0 Å². The van der Waals surface area contributed by atoms with E-state index in [0.717, 1.165) is 12.8 Å². The lowest BCUT2D eigenvalue weighted by molar-refractivity contribution is 0.0994. The zero-order valence-corrected chi connectivity index (χ0v) is 13.3. The summed E-state index contributed by atoms with van der Waals surface area (Å²) >= 11 is 0. The van der Waals surface area contributed by atoms with E-state index >= 15 is 0 Å². The average Bonchev–Trinajstić information content (AvgIpc) is 2.40. The van der Waals surface area contributed by atoms with Gasteiger partial charge in [0.1, 0.15) is 5.25 Å². The molecule has 0 aromatic heterocycles.